The summed E-state index contributed by atoms with van der Waals surface area (Å²) in [5.74, 6) is 1.04. The summed E-state index contributed by atoms with van der Waals surface area (Å²) in [6.07, 6.45) is 3.60. The Balaban J connectivity index is 1.15. The van der Waals surface area contributed by atoms with Crippen LogP contribution in [0.2, 0.25) is 0 Å². The fourth-order valence-electron chi connectivity index (χ4n) is 4.44. The van der Waals surface area contributed by atoms with Crippen LogP contribution in [0.4, 0.5) is 4.79 Å². The molecule has 0 unspecified atom stereocenters. The number of amides is 2. The number of carbonyl (C=O) groups excluding carboxylic acids is 2. The Morgan fingerprint density at radius 2 is 1.63 bits per heavy atom. The molecule has 2 aliphatic rings. The number of piperazine rings is 1. The first-order valence-electron chi connectivity index (χ1n) is 12.4. The number of nitrogens with zero attached hydrogens (tertiary/aromatic N) is 3. The second-order valence-corrected chi connectivity index (χ2v) is 9.04. The molecule has 0 aliphatic carbocycles. The van der Waals surface area contributed by atoms with E-state index in [-0.39, 0.29) is 12.0 Å². The molecule has 7 nitrogen and oxygen atoms in total. The first kappa shape index (κ1) is 24.8. The fraction of sp³-hybridized carbons (Fsp3) is 0.429. The molecule has 0 bridgehead atoms. The number of hydrogen-bond acceptors (Lipinski definition) is 5. The van der Waals surface area contributed by atoms with Crippen LogP contribution in [-0.2, 0) is 16.1 Å². The summed E-state index contributed by atoms with van der Waals surface area (Å²) in [5, 5.41) is 0. The van der Waals surface area contributed by atoms with E-state index in [0.29, 0.717) is 26.3 Å². The maximum atomic E-state index is 12.4. The molecule has 35 heavy (non-hydrogen) atoms. The minimum atomic E-state index is -0.270. The van der Waals surface area contributed by atoms with Crippen molar-refractivity contribution in [2.75, 3.05) is 52.4 Å². The van der Waals surface area contributed by atoms with E-state index in [4.69, 9.17) is 9.47 Å². The third kappa shape index (κ3) is 7.33. The first-order valence-corrected chi connectivity index (χ1v) is 12.4. The van der Waals surface area contributed by atoms with Crippen LogP contribution in [0.25, 0.3) is 5.57 Å². The molecular weight excluding hydrogens is 442 g/mol. The van der Waals surface area contributed by atoms with E-state index in [1.165, 1.54) is 5.57 Å². The van der Waals surface area contributed by atoms with E-state index in [2.05, 4.69) is 23.1 Å². The molecule has 0 spiro atoms. The summed E-state index contributed by atoms with van der Waals surface area (Å²) in [6, 6.07) is 17.9. The Hall–Kier alpha value is -3.32. The molecule has 0 N–H and O–H groups in total. The van der Waals surface area contributed by atoms with Crippen molar-refractivity contribution in [3.63, 3.8) is 0 Å². The molecular formula is C28H35N3O4. The fourth-order valence-corrected chi connectivity index (χ4v) is 4.44. The van der Waals surface area contributed by atoms with Crippen molar-refractivity contribution >= 4 is 17.6 Å². The van der Waals surface area contributed by atoms with E-state index in [1.54, 1.807) is 11.8 Å². The molecule has 0 atom stereocenters. The van der Waals surface area contributed by atoms with Crippen LogP contribution in [0.15, 0.2) is 60.7 Å². The van der Waals surface area contributed by atoms with Gasteiger partial charge in [-0.3, -0.25) is 9.69 Å². The molecule has 2 heterocycles. The van der Waals surface area contributed by atoms with Gasteiger partial charge in [0.2, 0.25) is 5.91 Å². The lowest BCUT2D eigenvalue weighted by Crippen LogP contribution is -2.48. The number of benzene rings is 2. The van der Waals surface area contributed by atoms with Gasteiger partial charge in [0.05, 0.1) is 6.61 Å². The number of hydrogen-bond donors (Lipinski definition) is 0. The van der Waals surface area contributed by atoms with Crippen LogP contribution in [0.5, 0.6) is 5.75 Å². The van der Waals surface area contributed by atoms with Crippen LogP contribution >= 0.6 is 0 Å². The van der Waals surface area contributed by atoms with Crippen molar-refractivity contribution in [2.45, 2.75) is 26.4 Å². The van der Waals surface area contributed by atoms with Crippen LogP contribution in [0.1, 0.15) is 30.9 Å². The summed E-state index contributed by atoms with van der Waals surface area (Å²) >= 11 is 0. The Morgan fingerprint density at radius 1 is 0.886 bits per heavy atom. The molecule has 0 saturated carbocycles. The van der Waals surface area contributed by atoms with Gasteiger partial charge >= 0.3 is 6.09 Å². The lowest BCUT2D eigenvalue weighted by atomic mass is 9.99. The third-order valence-electron chi connectivity index (χ3n) is 6.60. The van der Waals surface area contributed by atoms with Crippen LogP contribution in [0, 0.1) is 0 Å². The molecule has 1 saturated heterocycles. The van der Waals surface area contributed by atoms with Crippen molar-refractivity contribution in [1.82, 2.24) is 14.7 Å². The third-order valence-corrected chi connectivity index (χ3v) is 6.60. The largest absolute Gasteiger partial charge is 0.494 e. The van der Waals surface area contributed by atoms with Gasteiger partial charge in [-0.25, -0.2) is 4.79 Å². The van der Waals surface area contributed by atoms with Gasteiger partial charge in [-0.05, 0) is 41.7 Å². The molecule has 2 aliphatic heterocycles. The maximum absolute atomic E-state index is 12.4. The number of carbonyl (C=O) groups is 2. The van der Waals surface area contributed by atoms with Gasteiger partial charge in [-0.2, -0.15) is 0 Å². The molecule has 4 rings (SSSR count). The summed E-state index contributed by atoms with van der Waals surface area (Å²) in [6.45, 7) is 8.32. The highest BCUT2D eigenvalue weighted by Crippen LogP contribution is 2.25. The minimum absolute atomic E-state index is 0.166. The Labute approximate surface area is 207 Å². The van der Waals surface area contributed by atoms with E-state index in [9.17, 15) is 9.59 Å². The molecule has 186 valence electrons. The molecule has 0 aromatic heterocycles. The summed E-state index contributed by atoms with van der Waals surface area (Å²) < 4.78 is 11.4. The van der Waals surface area contributed by atoms with E-state index in [0.717, 1.165) is 62.4 Å². The van der Waals surface area contributed by atoms with Gasteiger partial charge in [0, 0.05) is 52.7 Å². The molecule has 1 fully saturated rings. The van der Waals surface area contributed by atoms with Crippen molar-refractivity contribution in [3.8, 4) is 5.75 Å². The van der Waals surface area contributed by atoms with Gasteiger partial charge in [-0.1, -0.05) is 48.5 Å². The Morgan fingerprint density at radius 3 is 2.29 bits per heavy atom. The van der Waals surface area contributed by atoms with E-state index < -0.39 is 0 Å². The smallest absolute Gasteiger partial charge is 0.410 e. The lowest BCUT2D eigenvalue weighted by Gasteiger charge is -2.34. The maximum Gasteiger partial charge on any atom is 0.410 e. The van der Waals surface area contributed by atoms with E-state index in [1.807, 2.05) is 47.4 Å². The minimum Gasteiger partial charge on any atom is -0.494 e. The quantitative estimate of drug-likeness (QED) is 0.537. The van der Waals surface area contributed by atoms with Crippen LogP contribution < -0.4 is 4.74 Å². The first-order chi connectivity index (χ1) is 17.1. The average molecular weight is 478 g/mol. The lowest BCUT2D eigenvalue weighted by molar-refractivity contribution is -0.130. The van der Waals surface area contributed by atoms with Crippen molar-refractivity contribution < 1.29 is 19.1 Å². The second kappa shape index (κ2) is 12.4. The van der Waals surface area contributed by atoms with Crippen molar-refractivity contribution in [1.29, 1.82) is 0 Å². The molecule has 2 aromatic rings. The summed E-state index contributed by atoms with van der Waals surface area (Å²) in [4.78, 5) is 29.8. The summed E-state index contributed by atoms with van der Waals surface area (Å²) in [7, 11) is 0. The van der Waals surface area contributed by atoms with Gasteiger partial charge in [0.1, 0.15) is 12.4 Å². The molecule has 7 heteroatoms. The van der Waals surface area contributed by atoms with Crippen molar-refractivity contribution in [2.24, 2.45) is 0 Å². The standard InChI is InChI=1S/C28H35N3O4/c1-23(32)30-19-17-29(18-20-30)14-5-21-34-27-10-8-25(9-11-27)26-12-15-31(16-13-26)28(33)35-22-24-6-3-2-4-7-24/h2-4,6-12H,5,13-22H2,1H3. The zero-order valence-electron chi connectivity index (χ0n) is 20.5. The summed E-state index contributed by atoms with van der Waals surface area (Å²) in [5.41, 5.74) is 3.40. The zero-order valence-corrected chi connectivity index (χ0v) is 20.5. The number of ether oxygens (including phenoxy) is 2. The van der Waals surface area contributed by atoms with E-state index >= 15 is 0 Å². The molecule has 2 amide bonds. The number of rotatable bonds is 8. The van der Waals surface area contributed by atoms with Gasteiger partial charge in [-0.15, -0.1) is 0 Å². The SMILES string of the molecule is CC(=O)N1CCN(CCCOc2ccc(C3=CCN(C(=O)OCc4ccccc4)CC3)cc2)CC1. The zero-order chi connectivity index (χ0) is 24.5. The predicted molar refractivity (Wildman–Crippen MR) is 136 cm³/mol. The highest BCUT2D eigenvalue weighted by Gasteiger charge is 2.20. The highest BCUT2D eigenvalue weighted by atomic mass is 16.6. The van der Waals surface area contributed by atoms with Crippen LogP contribution in [-0.4, -0.2) is 79.1 Å². The Bertz CT molecular complexity index is 999. The molecule has 0 radical (unpaired) electrons. The average Bonchev–Trinajstić information content (AvgIpc) is 2.91. The van der Waals surface area contributed by atoms with Crippen LogP contribution in [0.3, 0.4) is 0 Å². The highest BCUT2D eigenvalue weighted by molar-refractivity contribution is 5.73. The monoisotopic (exact) mass is 477 g/mol. The van der Waals surface area contributed by atoms with Gasteiger partial charge in [0.25, 0.3) is 0 Å². The van der Waals surface area contributed by atoms with Gasteiger partial charge in [0.15, 0.2) is 0 Å². The van der Waals surface area contributed by atoms with Gasteiger partial charge < -0.3 is 19.3 Å². The van der Waals surface area contributed by atoms with Crippen molar-refractivity contribution in [3.05, 3.63) is 71.8 Å². The Kier molecular flexibility index (Phi) is 8.79. The topological polar surface area (TPSA) is 62.3 Å². The normalized spacial score (nSPS) is 16.5. The predicted octanol–water partition coefficient (Wildman–Crippen LogP) is 4.05. The second-order valence-electron chi connectivity index (χ2n) is 9.04. The molecule has 2 aromatic carbocycles.